The van der Waals surface area contributed by atoms with Crippen molar-refractivity contribution >= 4 is 127 Å². The summed E-state index contributed by atoms with van der Waals surface area (Å²) in [5.74, 6) is 0. The molecule has 2 atom stereocenters. The molecular formula is C5H2Br8. The van der Waals surface area contributed by atoms with Crippen LogP contribution in [-0.4, -0.2) is 19.4 Å². The number of hydrogen-bond acceptors (Lipinski definition) is 0. The molecule has 0 aromatic heterocycles. The van der Waals surface area contributed by atoms with Crippen LogP contribution in [0.15, 0.2) is 0 Å². The summed E-state index contributed by atoms with van der Waals surface area (Å²) in [6.07, 6.45) is 0. The minimum atomic E-state index is -0.373. The van der Waals surface area contributed by atoms with E-state index in [4.69, 9.17) is 0 Å². The molecule has 1 fully saturated rings. The van der Waals surface area contributed by atoms with Crippen LogP contribution in [0.25, 0.3) is 0 Å². The summed E-state index contributed by atoms with van der Waals surface area (Å²) in [5.41, 5.74) is 0. The van der Waals surface area contributed by atoms with Crippen LogP contribution in [0.1, 0.15) is 0 Å². The predicted molar refractivity (Wildman–Crippen MR) is 87.2 cm³/mol. The van der Waals surface area contributed by atoms with E-state index in [1.807, 2.05) is 0 Å². The fourth-order valence-electron chi connectivity index (χ4n) is 0.936. The van der Waals surface area contributed by atoms with E-state index in [0.717, 1.165) is 0 Å². The Bertz CT molecular complexity index is 199. The third-order valence-electron chi connectivity index (χ3n) is 1.79. The second-order valence-electron chi connectivity index (χ2n) is 2.62. The second kappa shape index (κ2) is 4.50. The molecule has 1 rings (SSSR count). The van der Waals surface area contributed by atoms with E-state index in [1.54, 1.807) is 0 Å². The Kier molecular flexibility index (Phi) is 5.16. The van der Waals surface area contributed by atoms with Gasteiger partial charge in [-0.1, -0.05) is 127 Å². The van der Waals surface area contributed by atoms with Gasteiger partial charge in [-0.3, -0.25) is 0 Å². The van der Waals surface area contributed by atoms with Crippen LogP contribution in [0.4, 0.5) is 0 Å². The molecule has 0 amide bonds. The summed E-state index contributed by atoms with van der Waals surface area (Å²) in [6.45, 7) is 0. The van der Waals surface area contributed by atoms with Gasteiger partial charge >= 0.3 is 0 Å². The van der Waals surface area contributed by atoms with Crippen molar-refractivity contribution in [1.29, 1.82) is 0 Å². The SMILES string of the molecule is BrC1C(Br)C(Br)(Br)C(Br)(Br)C1(Br)Br. The van der Waals surface area contributed by atoms with Gasteiger partial charge in [-0.2, -0.15) is 0 Å². The van der Waals surface area contributed by atoms with Crippen molar-refractivity contribution in [2.45, 2.75) is 19.4 Å². The number of hydrogen-bond donors (Lipinski definition) is 0. The molecular weight excluding hydrogens is 699 g/mol. The smallest absolute Gasteiger partial charge is 0.0852 e. The Morgan fingerprint density at radius 2 is 0.846 bits per heavy atom. The first-order valence-electron chi connectivity index (χ1n) is 2.98. The van der Waals surface area contributed by atoms with E-state index in [-0.39, 0.29) is 19.4 Å². The number of rotatable bonds is 0. The van der Waals surface area contributed by atoms with Crippen molar-refractivity contribution in [3.63, 3.8) is 0 Å². The minimum Gasteiger partial charge on any atom is -0.0852 e. The van der Waals surface area contributed by atoms with Crippen molar-refractivity contribution in [3.05, 3.63) is 0 Å². The molecule has 1 aliphatic rings. The van der Waals surface area contributed by atoms with Gasteiger partial charge in [-0.25, -0.2) is 0 Å². The molecule has 0 saturated heterocycles. The highest BCUT2D eigenvalue weighted by Crippen LogP contribution is 2.71. The van der Waals surface area contributed by atoms with Crippen LogP contribution in [0.2, 0.25) is 0 Å². The van der Waals surface area contributed by atoms with Crippen molar-refractivity contribution in [2.75, 3.05) is 0 Å². The first-order valence-corrected chi connectivity index (χ1v) is 9.57. The van der Waals surface area contributed by atoms with Crippen LogP contribution in [-0.2, 0) is 0 Å². The van der Waals surface area contributed by atoms with E-state index in [2.05, 4.69) is 127 Å². The standard InChI is InChI=1S/C5H2Br8/c6-1-2(7)4(10,11)5(12,13)3(1,8)9/h1-2H. The molecule has 0 radical (unpaired) electrons. The summed E-state index contributed by atoms with van der Waals surface area (Å²) < 4.78 is -0.995. The van der Waals surface area contributed by atoms with E-state index in [1.165, 1.54) is 0 Å². The number of alkyl halides is 8. The minimum absolute atomic E-state index is 0.192. The van der Waals surface area contributed by atoms with Gasteiger partial charge in [0.25, 0.3) is 0 Å². The molecule has 0 aromatic rings. The lowest BCUT2D eigenvalue weighted by Gasteiger charge is -2.34. The Balaban J connectivity index is 3.23. The Morgan fingerprint density at radius 1 is 0.615 bits per heavy atom. The lowest BCUT2D eigenvalue weighted by molar-refractivity contribution is 0.875. The highest BCUT2D eigenvalue weighted by molar-refractivity contribution is 9.33. The average molecular weight is 701 g/mol. The Morgan fingerprint density at radius 3 is 0.923 bits per heavy atom. The van der Waals surface area contributed by atoms with E-state index in [9.17, 15) is 0 Å². The van der Waals surface area contributed by atoms with Crippen LogP contribution in [0.5, 0.6) is 0 Å². The van der Waals surface area contributed by atoms with E-state index < -0.39 is 0 Å². The molecule has 1 saturated carbocycles. The van der Waals surface area contributed by atoms with Crippen LogP contribution in [0, 0.1) is 0 Å². The maximum absolute atomic E-state index is 3.64. The molecule has 8 heteroatoms. The van der Waals surface area contributed by atoms with E-state index >= 15 is 0 Å². The van der Waals surface area contributed by atoms with Crippen LogP contribution < -0.4 is 0 Å². The molecule has 0 nitrogen and oxygen atoms in total. The summed E-state index contributed by atoms with van der Waals surface area (Å²) >= 11 is 29.0. The van der Waals surface area contributed by atoms with Gasteiger partial charge in [0.15, 0.2) is 0 Å². The Labute approximate surface area is 144 Å². The fourth-order valence-corrected chi connectivity index (χ4v) is 9.42. The third-order valence-corrected chi connectivity index (χ3v) is 18.5. The maximum Gasteiger partial charge on any atom is 0.133 e. The van der Waals surface area contributed by atoms with Crippen molar-refractivity contribution in [2.24, 2.45) is 0 Å². The molecule has 0 N–H and O–H groups in total. The molecule has 1 aliphatic carbocycles. The normalized spacial score (nSPS) is 40.6. The van der Waals surface area contributed by atoms with Crippen molar-refractivity contribution < 1.29 is 0 Å². The first kappa shape index (κ1) is 14.9. The zero-order valence-electron chi connectivity index (χ0n) is 5.68. The largest absolute Gasteiger partial charge is 0.133 e. The highest BCUT2D eigenvalue weighted by Gasteiger charge is 2.71. The molecule has 0 aliphatic heterocycles. The van der Waals surface area contributed by atoms with Gasteiger partial charge < -0.3 is 0 Å². The quantitative estimate of drug-likeness (QED) is 0.273. The zero-order chi connectivity index (χ0) is 10.7. The Hall–Kier alpha value is 3.84. The third kappa shape index (κ3) is 2.12. The van der Waals surface area contributed by atoms with Crippen LogP contribution >= 0.6 is 127 Å². The molecule has 13 heavy (non-hydrogen) atoms. The van der Waals surface area contributed by atoms with Gasteiger partial charge in [0.1, 0.15) is 9.70 Å². The van der Waals surface area contributed by atoms with Gasteiger partial charge in [0, 0.05) is 0 Å². The van der Waals surface area contributed by atoms with Crippen molar-refractivity contribution in [1.82, 2.24) is 0 Å². The highest BCUT2D eigenvalue weighted by atomic mass is 79.9. The van der Waals surface area contributed by atoms with E-state index in [0.29, 0.717) is 0 Å². The monoisotopic (exact) mass is 693 g/mol. The molecule has 0 spiro atoms. The molecule has 0 aromatic carbocycles. The molecule has 78 valence electrons. The summed E-state index contributed by atoms with van der Waals surface area (Å²) in [7, 11) is 0. The van der Waals surface area contributed by atoms with Crippen LogP contribution in [0.3, 0.4) is 0 Å². The van der Waals surface area contributed by atoms with Gasteiger partial charge in [-0.15, -0.1) is 0 Å². The number of halogens is 8. The molecule has 0 heterocycles. The molecule has 0 bridgehead atoms. The lowest BCUT2D eigenvalue weighted by Crippen LogP contribution is -2.41. The fraction of sp³-hybridized carbons (Fsp3) is 1.00. The topological polar surface area (TPSA) is 0 Å². The van der Waals surface area contributed by atoms with Gasteiger partial charge in [-0.05, 0) is 0 Å². The van der Waals surface area contributed by atoms with Gasteiger partial charge in [0.05, 0.1) is 9.65 Å². The predicted octanol–water partition coefficient (Wildman–Crippen LogP) is 5.99. The molecule has 2 unspecified atom stereocenters. The second-order valence-corrected chi connectivity index (χ2v) is 15.2. The van der Waals surface area contributed by atoms with Crippen molar-refractivity contribution in [3.8, 4) is 0 Å². The summed E-state index contributed by atoms with van der Waals surface area (Å²) in [5, 5.41) is 0. The maximum atomic E-state index is 3.64. The lowest BCUT2D eigenvalue weighted by atomic mass is 10.4. The first-order chi connectivity index (χ1) is 5.57. The zero-order valence-corrected chi connectivity index (χ0v) is 18.4. The summed E-state index contributed by atoms with van der Waals surface area (Å²) in [6, 6.07) is 0. The summed E-state index contributed by atoms with van der Waals surface area (Å²) in [4.78, 5) is 0.384. The average Bonchev–Trinajstić information content (AvgIpc) is 2.05. The van der Waals surface area contributed by atoms with Gasteiger partial charge in [0.2, 0.25) is 0 Å².